The van der Waals surface area contributed by atoms with Crippen LogP contribution in [0.25, 0.3) is 22.0 Å². The van der Waals surface area contributed by atoms with Gasteiger partial charge in [0.25, 0.3) is 11.8 Å². The molecular weight excluding hydrogens is 550 g/mol. The second-order valence-electron chi connectivity index (χ2n) is 12.3. The molecule has 0 bridgehead atoms. The maximum Gasteiger partial charge on any atom is 0.256 e. The Morgan fingerprint density at radius 2 is 1.75 bits per heavy atom. The first kappa shape index (κ1) is 29.0. The molecule has 4 N–H and O–H groups in total. The molecule has 0 spiro atoms. The molecule has 4 aromatic carbocycles. The third-order valence-electron chi connectivity index (χ3n) is 8.39. The highest BCUT2D eigenvalue weighted by atomic mass is 16.5. The Balaban J connectivity index is 1.26. The Kier molecular flexibility index (Phi) is 7.37. The zero-order valence-electron chi connectivity index (χ0n) is 25.7. The molecule has 6 rings (SSSR count). The number of rotatable bonds is 6. The van der Waals surface area contributed by atoms with Crippen molar-refractivity contribution in [3.8, 4) is 17.0 Å². The molecule has 5 aromatic rings. The molecule has 8 nitrogen and oxygen atoms in total. The molecule has 1 atom stereocenters. The lowest BCUT2D eigenvalue weighted by Crippen LogP contribution is -2.27. The smallest absolute Gasteiger partial charge is 0.256 e. The summed E-state index contributed by atoms with van der Waals surface area (Å²) in [5, 5.41) is 13.2. The summed E-state index contributed by atoms with van der Waals surface area (Å²) in [7, 11) is 1.57. The third kappa shape index (κ3) is 5.28. The lowest BCUT2D eigenvalue weighted by atomic mass is 9.85. The number of aryl methyl sites for hydroxylation is 2. The molecule has 2 amide bonds. The van der Waals surface area contributed by atoms with Gasteiger partial charge in [0.2, 0.25) is 0 Å². The second-order valence-corrected chi connectivity index (χ2v) is 12.3. The van der Waals surface area contributed by atoms with E-state index in [-0.39, 0.29) is 17.4 Å². The Labute approximate surface area is 257 Å². The Morgan fingerprint density at radius 3 is 2.45 bits per heavy atom. The quantitative estimate of drug-likeness (QED) is 0.200. The van der Waals surface area contributed by atoms with Crippen molar-refractivity contribution in [3.05, 3.63) is 107 Å². The topological polar surface area (TPSA) is 111 Å². The number of anilines is 2. The first-order chi connectivity index (χ1) is 21.0. The first-order valence-corrected chi connectivity index (χ1v) is 14.8. The van der Waals surface area contributed by atoms with Crippen molar-refractivity contribution < 1.29 is 14.3 Å². The van der Waals surface area contributed by atoms with E-state index in [0.717, 1.165) is 34.0 Å². The van der Waals surface area contributed by atoms with Crippen LogP contribution in [0.5, 0.6) is 5.75 Å². The minimum atomic E-state index is -0.544. The third-order valence-corrected chi connectivity index (χ3v) is 8.39. The summed E-state index contributed by atoms with van der Waals surface area (Å²) in [5.41, 5.74) is 12.4. The highest BCUT2D eigenvalue weighted by Gasteiger charge is 2.27. The van der Waals surface area contributed by atoms with Crippen LogP contribution in [0.2, 0.25) is 0 Å². The number of nitrogens with zero attached hydrogens (tertiary/aromatic N) is 2. The van der Waals surface area contributed by atoms with Gasteiger partial charge in [0.1, 0.15) is 22.8 Å². The van der Waals surface area contributed by atoms with Crippen molar-refractivity contribution in [1.29, 1.82) is 0 Å². The molecule has 0 saturated heterocycles. The average Bonchev–Trinajstić information content (AvgIpc) is 3.27. The Bertz CT molecular complexity index is 1900. The number of nitrogens with one attached hydrogen (secondary N) is 2. The minimum absolute atomic E-state index is 0.0374. The summed E-state index contributed by atoms with van der Waals surface area (Å²) in [5.74, 6) is 0.360. The van der Waals surface area contributed by atoms with Gasteiger partial charge in [-0.15, -0.1) is 0 Å². The number of carbonyl (C=O) groups is 2. The van der Waals surface area contributed by atoms with Gasteiger partial charge in [0.15, 0.2) is 0 Å². The van der Waals surface area contributed by atoms with Crippen LogP contribution in [-0.4, -0.2) is 28.7 Å². The van der Waals surface area contributed by atoms with Crippen LogP contribution in [0.15, 0.2) is 78.9 Å². The first-order valence-electron chi connectivity index (χ1n) is 14.8. The van der Waals surface area contributed by atoms with Crippen LogP contribution in [0.4, 0.5) is 11.5 Å². The fraction of sp³-hybridized carbons (Fsp3) is 0.250. The molecule has 44 heavy (non-hydrogen) atoms. The Hall–Kier alpha value is -5.11. The molecule has 0 saturated carbocycles. The summed E-state index contributed by atoms with van der Waals surface area (Å²) >= 11 is 0. The Morgan fingerprint density at radius 1 is 1.00 bits per heavy atom. The molecule has 0 aliphatic carbocycles. The highest BCUT2D eigenvalue weighted by molar-refractivity contribution is 6.09. The van der Waals surface area contributed by atoms with Gasteiger partial charge in [-0.1, -0.05) is 87.5 Å². The number of amides is 2. The summed E-state index contributed by atoms with van der Waals surface area (Å²) < 4.78 is 7.36. The molecule has 1 aliphatic heterocycles. The predicted molar refractivity (Wildman–Crippen MR) is 175 cm³/mol. The maximum atomic E-state index is 13.5. The molecule has 0 fully saturated rings. The van der Waals surface area contributed by atoms with Crippen LogP contribution in [0.1, 0.15) is 71.1 Å². The molecule has 1 aliphatic rings. The van der Waals surface area contributed by atoms with E-state index in [2.05, 4.69) is 49.6 Å². The average molecular weight is 588 g/mol. The number of primary amides is 1. The van der Waals surface area contributed by atoms with Crippen molar-refractivity contribution in [3.63, 3.8) is 0 Å². The van der Waals surface area contributed by atoms with Gasteiger partial charge in [-0.25, -0.2) is 4.68 Å². The number of carbonyl (C=O) groups excluding carboxylic acids is 2. The zero-order chi connectivity index (χ0) is 31.2. The fourth-order valence-corrected chi connectivity index (χ4v) is 5.87. The van der Waals surface area contributed by atoms with Crippen LogP contribution in [0.3, 0.4) is 0 Å². The monoisotopic (exact) mass is 587 g/mol. The number of hydrogen-bond acceptors (Lipinski definition) is 5. The second kappa shape index (κ2) is 11.2. The van der Waals surface area contributed by atoms with Crippen LogP contribution >= 0.6 is 0 Å². The van der Waals surface area contributed by atoms with Gasteiger partial charge in [0.05, 0.1) is 18.7 Å². The summed E-state index contributed by atoms with van der Waals surface area (Å²) in [4.78, 5) is 26.2. The van der Waals surface area contributed by atoms with E-state index in [4.69, 9.17) is 15.6 Å². The lowest BCUT2D eigenvalue weighted by Gasteiger charge is -2.21. The van der Waals surface area contributed by atoms with Gasteiger partial charge in [-0.05, 0) is 58.4 Å². The standard InChI is InChI=1S/C36H37N5O3/c1-21(38-35(43)30-27-9-7-6-8-23(27)14-17-29(30)44-5)22-10-12-24(13-11-22)32-31(33(37)42)34-39-28-16-15-26(36(2,3)4)20-25(28)18-19-41(34)40-32/h6-17,20-21,39H,18-19H2,1-5H3,(H2,37,42)(H,38,43)/t21-/m1/s1. The molecule has 8 heteroatoms. The summed E-state index contributed by atoms with van der Waals surface area (Å²) in [6.07, 6.45) is 0.774. The number of hydrogen-bond donors (Lipinski definition) is 3. The van der Waals surface area contributed by atoms with Crippen LogP contribution in [-0.2, 0) is 18.4 Å². The van der Waals surface area contributed by atoms with E-state index in [9.17, 15) is 9.59 Å². The number of methoxy groups -OCH3 is 1. The fourth-order valence-electron chi connectivity index (χ4n) is 5.87. The molecule has 1 aromatic heterocycles. The van der Waals surface area contributed by atoms with Crippen LogP contribution < -0.4 is 21.1 Å². The highest BCUT2D eigenvalue weighted by Crippen LogP contribution is 2.36. The normalized spacial score (nSPS) is 13.3. The molecule has 224 valence electrons. The van der Waals surface area contributed by atoms with Crippen molar-refractivity contribution in [2.24, 2.45) is 5.73 Å². The molecule has 2 heterocycles. The summed E-state index contributed by atoms with van der Waals surface area (Å²) in [6.45, 7) is 9.14. The van der Waals surface area contributed by atoms with Gasteiger partial charge in [0, 0.05) is 17.8 Å². The number of nitrogens with two attached hydrogens (primary N) is 1. The number of ether oxygens (including phenoxy) is 1. The van der Waals surface area contributed by atoms with E-state index in [1.54, 1.807) is 7.11 Å². The van der Waals surface area contributed by atoms with Crippen molar-refractivity contribution in [2.75, 3.05) is 12.4 Å². The van der Waals surface area contributed by atoms with Crippen molar-refractivity contribution >= 4 is 34.1 Å². The van der Waals surface area contributed by atoms with E-state index < -0.39 is 5.91 Å². The van der Waals surface area contributed by atoms with Crippen molar-refractivity contribution in [1.82, 2.24) is 15.1 Å². The lowest BCUT2D eigenvalue weighted by molar-refractivity contribution is 0.0937. The van der Waals surface area contributed by atoms with Crippen molar-refractivity contribution in [2.45, 2.75) is 52.1 Å². The number of benzene rings is 4. The predicted octanol–water partition coefficient (Wildman–Crippen LogP) is 6.90. The van der Waals surface area contributed by atoms with E-state index in [0.29, 0.717) is 34.9 Å². The van der Waals surface area contributed by atoms with E-state index in [1.807, 2.05) is 72.3 Å². The SMILES string of the molecule is COc1ccc2ccccc2c1C(=O)N[C@H](C)c1ccc(-c2nn3c(c2C(N)=O)Nc2ccc(C(C)(C)C)cc2CC3)cc1. The number of fused-ring (bicyclic) bond motifs is 3. The summed E-state index contributed by atoms with van der Waals surface area (Å²) in [6, 6.07) is 25.3. The van der Waals surface area contributed by atoms with Gasteiger partial charge in [-0.2, -0.15) is 5.10 Å². The van der Waals surface area contributed by atoms with E-state index >= 15 is 0 Å². The number of aromatic nitrogens is 2. The largest absolute Gasteiger partial charge is 0.496 e. The van der Waals surface area contributed by atoms with Gasteiger partial charge >= 0.3 is 0 Å². The molecule has 0 radical (unpaired) electrons. The minimum Gasteiger partial charge on any atom is -0.496 e. The van der Waals surface area contributed by atoms with Gasteiger partial charge < -0.3 is 21.1 Å². The molecule has 0 unspecified atom stereocenters. The van der Waals surface area contributed by atoms with E-state index in [1.165, 1.54) is 11.1 Å². The van der Waals surface area contributed by atoms with Gasteiger partial charge in [-0.3, -0.25) is 9.59 Å². The zero-order valence-corrected chi connectivity index (χ0v) is 25.7. The maximum absolute atomic E-state index is 13.5. The van der Waals surface area contributed by atoms with Crippen LogP contribution in [0, 0.1) is 0 Å². The molecular formula is C36H37N5O3.